The molecule has 0 N–H and O–H groups in total. The minimum absolute atomic E-state index is 0.0760. The number of thiazole rings is 1. The Kier molecular flexibility index (Phi) is 5.30. The summed E-state index contributed by atoms with van der Waals surface area (Å²) in [7, 11) is 1.65. The topological polar surface area (TPSA) is 52.8 Å². The lowest BCUT2D eigenvalue weighted by molar-refractivity contribution is 0.280. The van der Waals surface area contributed by atoms with Crippen LogP contribution in [0.15, 0.2) is 64.9 Å². The van der Waals surface area contributed by atoms with E-state index in [9.17, 15) is 4.79 Å². The highest BCUT2D eigenvalue weighted by atomic mass is 32.1. The predicted octanol–water partition coefficient (Wildman–Crippen LogP) is 5.39. The van der Waals surface area contributed by atoms with E-state index in [-0.39, 0.29) is 5.56 Å². The van der Waals surface area contributed by atoms with E-state index in [1.807, 2.05) is 66.1 Å². The van der Waals surface area contributed by atoms with Gasteiger partial charge < -0.3 is 9.47 Å². The Labute approximate surface area is 184 Å². The van der Waals surface area contributed by atoms with Crippen molar-refractivity contribution in [3.63, 3.8) is 0 Å². The summed E-state index contributed by atoms with van der Waals surface area (Å²) in [6, 6.07) is 15.5. The number of methoxy groups -OCH3 is 1. The lowest BCUT2D eigenvalue weighted by Gasteiger charge is -2.13. The summed E-state index contributed by atoms with van der Waals surface area (Å²) in [6.07, 6.45) is 8.04. The second-order valence-electron chi connectivity index (χ2n) is 7.57. The largest absolute Gasteiger partial charge is 0.493 e. The SMILES string of the molecule is COc1cccc(/C=C/c2nc3sccn3c(=O)c2-c2ccccc2)c1OCC1CC1. The van der Waals surface area contributed by atoms with Crippen molar-refractivity contribution >= 4 is 28.4 Å². The van der Waals surface area contributed by atoms with E-state index in [1.165, 1.54) is 24.2 Å². The van der Waals surface area contributed by atoms with Gasteiger partial charge in [-0.15, -0.1) is 11.3 Å². The van der Waals surface area contributed by atoms with Crippen LogP contribution in [0.25, 0.3) is 28.2 Å². The summed E-state index contributed by atoms with van der Waals surface area (Å²) < 4.78 is 13.2. The molecule has 5 nitrogen and oxygen atoms in total. The maximum atomic E-state index is 13.2. The first-order valence-corrected chi connectivity index (χ1v) is 11.2. The molecule has 4 aromatic rings. The van der Waals surface area contributed by atoms with E-state index in [4.69, 9.17) is 14.5 Å². The van der Waals surface area contributed by atoms with E-state index in [1.54, 1.807) is 17.7 Å². The maximum Gasteiger partial charge on any atom is 0.266 e. The normalized spacial score (nSPS) is 13.7. The lowest BCUT2D eigenvalue weighted by atomic mass is 10.0. The predicted molar refractivity (Wildman–Crippen MR) is 125 cm³/mol. The van der Waals surface area contributed by atoms with E-state index in [2.05, 4.69) is 0 Å². The summed E-state index contributed by atoms with van der Waals surface area (Å²) in [5, 5.41) is 1.87. The molecule has 0 spiro atoms. The van der Waals surface area contributed by atoms with Crippen LogP contribution >= 0.6 is 11.3 Å². The van der Waals surface area contributed by atoms with Gasteiger partial charge in [0.2, 0.25) is 0 Å². The minimum atomic E-state index is -0.0760. The van der Waals surface area contributed by atoms with Gasteiger partial charge in [-0.05, 0) is 42.5 Å². The van der Waals surface area contributed by atoms with Gasteiger partial charge in [0.05, 0.1) is 25.0 Å². The Morgan fingerprint density at radius 3 is 2.74 bits per heavy atom. The zero-order chi connectivity index (χ0) is 21.2. The number of ether oxygens (including phenoxy) is 2. The first-order chi connectivity index (χ1) is 15.2. The fourth-order valence-corrected chi connectivity index (χ4v) is 4.24. The fraction of sp³-hybridized carbons (Fsp3) is 0.200. The number of hydrogen-bond acceptors (Lipinski definition) is 5. The Morgan fingerprint density at radius 1 is 1.13 bits per heavy atom. The van der Waals surface area contributed by atoms with Gasteiger partial charge in [0, 0.05) is 17.1 Å². The summed E-state index contributed by atoms with van der Waals surface area (Å²) in [6.45, 7) is 0.692. The number of rotatable bonds is 7. The second-order valence-corrected chi connectivity index (χ2v) is 8.44. The molecule has 0 unspecified atom stereocenters. The Morgan fingerprint density at radius 2 is 1.97 bits per heavy atom. The molecule has 1 aliphatic carbocycles. The lowest BCUT2D eigenvalue weighted by Crippen LogP contribution is -2.16. The van der Waals surface area contributed by atoms with E-state index in [0.717, 1.165) is 16.9 Å². The molecular weight excluding hydrogens is 408 g/mol. The summed E-state index contributed by atoms with van der Waals surface area (Å²) in [4.78, 5) is 18.7. The zero-order valence-corrected chi connectivity index (χ0v) is 18.0. The molecule has 0 bridgehead atoms. The molecule has 0 aliphatic heterocycles. The Hall–Kier alpha value is -3.38. The molecule has 1 fully saturated rings. The molecule has 1 aliphatic rings. The van der Waals surface area contributed by atoms with Crippen LogP contribution in [-0.2, 0) is 0 Å². The number of benzene rings is 2. The molecule has 156 valence electrons. The zero-order valence-electron chi connectivity index (χ0n) is 17.2. The second kappa shape index (κ2) is 8.40. The highest BCUT2D eigenvalue weighted by Crippen LogP contribution is 2.36. The van der Waals surface area contributed by atoms with Crippen LogP contribution in [-0.4, -0.2) is 23.1 Å². The van der Waals surface area contributed by atoms with Gasteiger partial charge in [-0.25, -0.2) is 4.98 Å². The van der Waals surface area contributed by atoms with Gasteiger partial charge in [0.15, 0.2) is 16.5 Å². The molecule has 0 saturated heterocycles. The van der Waals surface area contributed by atoms with Crippen molar-refractivity contribution in [2.45, 2.75) is 12.8 Å². The smallest absolute Gasteiger partial charge is 0.266 e. The summed E-state index contributed by atoms with van der Waals surface area (Å²) >= 11 is 1.44. The van der Waals surface area contributed by atoms with Gasteiger partial charge in [-0.3, -0.25) is 9.20 Å². The van der Waals surface area contributed by atoms with Crippen molar-refractivity contribution in [3.8, 4) is 22.6 Å². The van der Waals surface area contributed by atoms with E-state index >= 15 is 0 Å². The average Bonchev–Trinajstić information content (AvgIpc) is 3.51. The van der Waals surface area contributed by atoms with Crippen molar-refractivity contribution in [1.82, 2.24) is 9.38 Å². The summed E-state index contributed by atoms with van der Waals surface area (Å²) in [5.41, 5.74) is 2.88. The number of aromatic nitrogens is 2. The fourth-order valence-electron chi connectivity index (χ4n) is 3.53. The minimum Gasteiger partial charge on any atom is -0.493 e. The van der Waals surface area contributed by atoms with E-state index < -0.39 is 0 Å². The number of para-hydroxylation sites is 1. The maximum absolute atomic E-state index is 13.2. The quantitative estimate of drug-likeness (QED) is 0.394. The molecule has 2 aromatic carbocycles. The van der Waals surface area contributed by atoms with Crippen LogP contribution < -0.4 is 15.0 Å². The van der Waals surface area contributed by atoms with Crippen molar-refractivity contribution in [2.24, 2.45) is 5.92 Å². The molecule has 0 radical (unpaired) electrons. The van der Waals surface area contributed by atoms with Crippen molar-refractivity contribution in [2.75, 3.05) is 13.7 Å². The van der Waals surface area contributed by atoms with Gasteiger partial charge >= 0.3 is 0 Å². The van der Waals surface area contributed by atoms with Crippen molar-refractivity contribution in [1.29, 1.82) is 0 Å². The first-order valence-electron chi connectivity index (χ1n) is 10.3. The highest BCUT2D eigenvalue weighted by molar-refractivity contribution is 7.15. The average molecular weight is 431 g/mol. The Bertz CT molecular complexity index is 1300. The first kappa shape index (κ1) is 19.6. The molecule has 5 rings (SSSR count). The third-order valence-corrected chi connectivity index (χ3v) is 6.12. The monoisotopic (exact) mass is 430 g/mol. The van der Waals surface area contributed by atoms with Crippen LogP contribution in [0.2, 0.25) is 0 Å². The molecule has 1 saturated carbocycles. The molecule has 2 heterocycles. The third-order valence-electron chi connectivity index (χ3n) is 5.37. The number of fused-ring (bicyclic) bond motifs is 1. The van der Waals surface area contributed by atoms with Gasteiger partial charge in [0.1, 0.15) is 0 Å². The summed E-state index contributed by atoms with van der Waals surface area (Å²) in [5.74, 6) is 2.06. The molecule has 2 aromatic heterocycles. The van der Waals surface area contributed by atoms with Crippen LogP contribution in [0.3, 0.4) is 0 Å². The van der Waals surface area contributed by atoms with Crippen LogP contribution in [0.1, 0.15) is 24.1 Å². The Balaban J connectivity index is 1.60. The van der Waals surface area contributed by atoms with Crippen LogP contribution in [0.4, 0.5) is 0 Å². The van der Waals surface area contributed by atoms with Gasteiger partial charge in [-0.1, -0.05) is 42.5 Å². The van der Waals surface area contributed by atoms with Crippen molar-refractivity contribution in [3.05, 3.63) is 81.7 Å². The molecule has 0 atom stereocenters. The third kappa shape index (κ3) is 3.99. The standard InChI is InChI=1S/C25H22N2O3S/c1-29-21-9-5-8-19(23(21)30-16-17-10-11-17)12-13-20-22(18-6-3-2-4-7-18)24(28)27-14-15-31-25(27)26-20/h2-9,12-15,17H,10-11,16H2,1H3/b13-12+. The van der Waals surface area contributed by atoms with Crippen LogP contribution in [0.5, 0.6) is 11.5 Å². The van der Waals surface area contributed by atoms with Crippen LogP contribution in [0, 0.1) is 5.92 Å². The van der Waals surface area contributed by atoms with Crippen molar-refractivity contribution < 1.29 is 9.47 Å². The van der Waals surface area contributed by atoms with Gasteiger partial charge in [0.25, 0.3) is 5.56 Å². The van der Waals surface area contributed by atoms with E-state index in [0.29, 0.717) is 34.5 Å². The number of nitrogens with zero attached hydrogens (tertiary/aromatic N) is 2. The number of hydrogen-bond donors (Lipinski definition) is 0. The molecule has 31 heavy (non-hydrogen) atoms. The highest BCUT2D eigenvalue weighted by Gasteiger charge is 2.23. The van der Waals surface area contributed by atoms with Gasteiger partial charge in [-0.2, -0.15) is 0 Å². The molecule has 0 amide bonds. The molecular formula is C25H22N2O3S. The molecule has 6 heteroatoms.